The van der Waals surface area contributed by atoms with E-state index in [0.29, 0.717) is 18.4 Å². The van der Waals surface area contributed by atoms with Crippen molar-refractivity contribution < 1.29 is 4.79 Å². The molecule has 1 aliphatic carbocycles. The number of amides is 1. The van der Waals surface area contributed by atoms with Gasteiger partial charge in [-0.2, -0.15) is 0 Å². The Morgan fingerprint density at radius 2 is 2.00 bits per heavy atom. The summed E-state index contributed by atoms with van der Waals surface area (Å²) >= 11 is 0. The number of hydrogen-bond acceptors (Lipinski definition) is 2. The van der Waals surface area contributed by atoms with Gasteiger partial charge >= 0.3 is 0 Å². The average Bonchev–Trinajstić information content (AvgIpc) is 2.72. The highest BCUT2D eigenvalue weighted by atomic mass is 16.1. The van der Waals surface area contributed by atoms with E-state index in [1.165, 1.54) is 32.1 Å². The molecule has 0 aromatic rings. The minimum atomic E-state index is 0.224. The van der Waals surface area contributed by atoms with Crippen LogP contribution in [0.25, 0.3) is 0 Å². The van der Waals surface area contributed by atoms with Crippen molar-refractivity contribution in [3.05, 3.63) is 0 Å². The molecule has 0 saturated heterocycles. The second-order valence-electron chi connectivity index (χ2n) is 5.41. The summed E-state index contributed by atoms with van der Waals surface area (Å²) in [5.41, 5.74) is 5.85. The van der Waals surface area contributed by atoms with Gasteiger partial charge in [-0.25, -0.2) is 0 Å². The lowest BCUT2D eigenvalue weighted by molar-refractivity contribution is -0.121. The molecule has 1 amide bonds. The van der Waals surface area contributed by atoms with Gasteiger partial charge in [-0.1, -0.05) is 32.6 Å². The van der Waals surface area contributed by atoms with Crippen molar-refractivity contribution in [1.29, 1.82) is 0 Å². The van der Waals surface area contributed by atoms with Gasteiger partial charge in [0, 0.05) is 19.0 Å². The van der Waals surface area contributed by atoms with Gasteiger partial charge < -0.3 is 11.1 Å². The number of nitrogens with one attached hydrogen (secondary N) is 1. The van der Waals surface area contributed by atoms with E-state index in [1.807, 2.05) is 0 Å². The summed E-state index contributed by atoms with van der Waals surface area (Å²) in [5.74, 6) is 0.844. The van der Waals surface area contributed by atoms with Crippen LogP contribution in [0.5, 0.6) is 0 Å². The summed E-state index contributed by atoms with van der Waals surface area (Å²) < 4.78 is 0. The molecular weight excluding hydrogens is 212 g/mol. The molecule has 1 fully saturated rings. The topological polar surface area (TPSA) is 55.1 Å². The van der Waals surface area contributed by atoms with Gasteiger partial charge in [0.25, 0.3) is 0 Å². The quantitative estimate of drug-likeness (QED) is 0.641. The third-order valence-corrected chi connectivity index (χ3v) is 3.68. The molecule has 100 valence electrons. The standard InChI is InChI=1S/C14H28N2O/c1-2-3-4-5-6-7-14(17)16-11-12-8-9-13(15)10-12/h12-13H,2-11,15H2,1H3,(H,16,17). The molecule has 0 bridgehead atoms. The summed E-state index contributed by atoms with van der Waals surface area (Å²) in [6, 6.07) is 0.367. The zero-order valence-corrected chi connectivity index (χ0v) is 11.2. The smallest absolute Gasteiger partial charge is 0.220 e. The van der Waals surface area contributed by atoms with Crippen LogP contribution < -0.4 is 11.1 Å². The monoisotopic (exact) mass is 240 g/mol. The maximum Gasteiger partial charge on any atom is 0.220 e. The van der Waals surface area contributed by atoms with Crippen molar-refractivity contribution in [3.8, 4) is 0 Å². The highest BCUT2D eigenvalue weighted by Gasteiger charge is 2.21. The van der Waals surface area contributed by atoms with Crippen LogP contribution in [0.15, 0.2) is 0 Å². The Morgan fingerprint density at radius 3 is 2.65 bits per heavy atom. The summed E-state index contributed by atoms with van der Waals surface area (Å²) in [6.45, 7) is 3.04. The third-order valence-electron chi connectivity index (χ3n) is 3.68. The van der Waals surface area contributed by atoms with E-state index in [0.717, 1.165) is 25.8 Å². The number of carbonyl (C=O) groups is 1. The van der Waals surface area contributed by atoms with Crippen LogP contribution in [-0.2, 0) is 4.79 Å². The van der Waals surface area contributed by atoms with E-state index in [9.17, 15) is 4.79 Å². The molecular formula is C14H28N2O. The Balaban J connectivity index is 1.94. The summed E-state index contributed by atoms with van der Waals surface area (Å²) in [4.78, 5) is 11.6. The van der Waals surface area contributed by atoms with Gasteiger partial charge in [-0.3, -0.25) is 4.79 Å². The lowest BCUT2D eigenvalue weighted by Gasteiger charge is -2.10. The van der Waals surface area contributed by atoms with Crippen LogP contribution in [-0.4, -0.2) is 18.5 Å². The fourth-order valence-corrected chi connectivity index (χ4v) is 2.53. The van der Waals surface area contributed by atoms with E-state index in [1.54, 1.807) is 0 Å². The summed E-state index contributed by atoms with van der Waals surface area (Å²) in [7, 11) is 0. The third kappa shape index (κ3) is 6.67. The molecule has 3 N–H and O–H groups in total. The Labute approximate surface area is 106 Å². The van der Waals surface area contributed by atoms with Gasteiger partial charge in [0.15, 0.2) is 0 Å². The van der Waals surface area contributed by atoms with E-state index in [-0.39, 0.29) is 5.91 Å². The van der Waals surface area contributed by atoms with Crippen molar-refractivity contribution in [2.75, 3.05) is 6.54 Å². The summed E-state index contributed by atoms with van der Waals surface area (Å²) in [5, 5.41) is 3.04. The fraction of sp³-hybridized carbons (Fsp3) is 0.929. The van der Waals surface area contributed by atoms with E-state index in [2.05, 4.69) is 12.2 Å². The Kier molecular flexibility index (Phi) is 7.25. The maximum atomic E-state index is 11.6. The minimum Gasteiger partial charge on any atom is -0.356 e. The summed E-state index contributed by atoms with van der Waals surface area (Å²) in [6.07, 6.45) is 10.1. The molecule has 0 aromatic heterocycles. The van der Waals surface area contributed by atoms with Crippen LogP contribution in [0.4, 0.5) is 0 Å². The molecule has 2 atom stereocenters. The molecule has 0 aliphatic heterocycles. The zero-order valence-electron chi connectivity index (χ0n) is 11.2. The molecule has 0 aromatic carbocycles. The number of hydrogen-bond donors (Lipinski definition) is 2. The van der Waals surface area contributed by atoms with Crippen LogP contribution in [0.3, 0.4) is 0 Å². The molecule has 3 nitrogen and oxygen atoms in total. The lowest BCUT2D eigenvalue weighted by atomic mass is 10.1. The van der Waals surface area contributed by atoms with Crippen molar-refractivity contribution in [2.45, 2.75) is 70.8 Å². The molecule has 1 saturated carbocycles. The second-order valence-corrected chi connectivity index (χ2v) is 5.41. The van der Waals surface area contributed by atoms with Crippen LogP contribution in [0.2, 0.25) is 0 Å². The van der Waals surface area contributed by atoms with Crippen molar-refractivity contribution in [1.82, 2.24) is 5.32 Å². The van der Waals surface area contributed by atoms with Gasteiger partial charge in [0.2, 0.25) is 5.91 Å². The van der Waals surface area contributed by atoms with E-state index < -0.39 is 0 Å². The first-order chi connectivity index (χ1) is 8.22. The number of carbonyl (C=O) groups excluding carboxylic acids is 1. The van der Waals surface area contributed by atoms with Crippen LogP contribution >= 0.6 is 0 Å². The maximum absolute atomic E-state index is 11.6. The molecule has 17 heavy (non-hydrogen) atoms. The zero-order chi connectivity index (χ0) is 12.5. The van der Waals surface area contributed by atoms with Crippen LogP contribution in [0, 0.1) is 5.92 Å². The minimum absolute atomic E-state index is 0.224. The second kappa shape index (κ2) is 8.51. The van der Waals surface area contributed by atoms with Gasteiger partial charge in [-0.15, -0.1) is 0 Å². The highest BCUT2D eigenvalue weighted by Crippen LogP contribution is 2.23. The van der Waals surface area contributed by atoms with Gasteiger partial charge in [-0.05, 0) is 31.6 Å². The molecule has 0 radical (unpaired) electrons. The first kappa shape index (κ1) is 14.5. The molecule has 1 rings (SSSR count). The first-order valence-corrected chi connectivity index (χ1v) is 7.24. The predicted octanol–water partition coefficient (Wildman–Crippen LogP) is 2.59. The van der Waals surface area contributed by atoms with Crippen LogP contribution in [0.1, 0.15) is 64.7 Å². The van der Waals surface area contributed by atoms with Gasteiger partial charge in [0.05, 0.1) is 0 Å². The Morgan fingerprint density at radius 1 is 1.24 bits per heavy atom. The molecule has 2 unspecified atom stereocenters. The van der Waals surface area contributed by atoms with Crippen molar-refractivity contribution in [3.63, 3.8) is 0 Å². The van der Waals surface area contributed by atoms with Crippen molar-refractivity contribution >= 4 is 5.91 Å². The largest absolute Gasteiger partial charge is 0.356 e. The van der Waals surface area contributed by atoms with Crippen molar-refractivity contribution in [2.24, 2.45) is 11.7 Å². The Hall–Kier alpha value is -0.570. The van der Waals surface area contributed by atoms with E-state index >= 15 is 0 Å². The number of nitrogens with two attached hydrogens (primary N) is 1. The molecule has 1 aliphatic rings. The number of unbranched alkanes of at least 4 members (excludes halogenated alkanes) is 4. The average molecular weight is 240 g/mol. The predicted molar refractivity (Wildman–Crippen MR) is 71.7 cm³/mol. The molecule has 0 spiro atoms. The van der Waals surface area contributed by atoms with E-state index in [4.69, 9.17) is 5.73 Å². The lowest BCUT2D eigenvalue weighted by Crippen LogP contribution is -2.28. The number of rotatable bonds is 8. The first-order valence-electron chi connectivity index (χ1n) is 7.24. The Bertz CT molecular complexity index is 218. The highest BCUT2D eigenvalue weighted by molar-refractivity contribution is 5.75. The molecule has 3 heteroatoms. The SMILES string of the molecule is CCCCCCCC(=O)NCC1CCC(N)C1. The fourth-order valence-electron chi connectivity index (χ4n) is 2.53. The normalized spacial score (nSPS) is 23.9. The molecule has 0 heterocycles. The van der Waals surface area contributed by atoms with Gasteiger partial charge in [0.1, 0.15) is 0 Å².